The first-order valence-electron chi connectivity index (χ1n) is 5.77. The summed E-state index contributed by atoms with van der Waals surface area (Å²) in [5.74, 6) is 0.215. The van der Waals surface area contributed by atoms with E-state index in [1.165, 1.54) is 18.9 Å². The van der Waals surface area contributed by atoms with E-state index in [4.69, 9.17) is 5.73 Å². The number of nitrogens with zero attached hydrogens (tertiary/aromatic N) is 2. The Morgan fingerprint density at radius 3 is 2.88 bits per heavy atom. The van der Waals surface area contributed by atoms with E-state index in [2.05, 4.69) is 10.1 Å². The van der Waals surface area contributed by atoms with Crippen LogP contribution in [0.2, 0.25) is 0 Å². The Balaban J connectivity index is 2.24. The molecule has 6 heteroatoms. The van der Waals surface area contributed by atoms with Gasteiger partial charge in [-0.2, -0.15) is 5.10 Å². The van der Waals surface area contributed by atoms with E-state index in [0.29, 0.717) is 16.7 Å². The lowest BCUT2D eigenvalue weighted by molar-refractivity contribution is 0.452. The summed E-state index contributed by atoms with van der Waals surface area (Å²) < 4.78 is 1.73. The highest BCUT2D eigenvalue weighted by atomic mass is 16.3. The standard InChI is InChI=1S/C11H14N4O2/c12-10-9-7(5-8(16)13-11(9)17)14-15(10)6-3-1-2-4-6/h5-6,16H,1-4,12H2,(H,13,17). The molecule has 0 unspecified atom stereocenters. The molecule has 0 bridgehead atoms. The molecular formula is C11H14N4O2. The summed E-state index contributed by atoms with van der Waals surface area (Å²) in [6.45, 7) is 0. The van der Waals surface area contributed by atoms with Crippen molar-refractivity contribution in [3.63, 3.8) is 0 Å². The first-order valence-corrected chi connectivity index (χ1v) is 5.77. The first kappa shape index (κ1) is 10.2. The van der Waals surface area contributed by atoms with Gasteiger partial charge in [-0.15, -0.1) is 0 Å². The van der Waals surface area contributed by atoms with Crippen LogP contribution >= 0.6 is 0 Å². The number of nitrogens with one attached hydrogen (secondary N) is 1. The van der Waals surface area contributed by atoms with Gasteiger partial charge in [0.2, 0.25) is 0 Å². The van der Waals surface area contributed by atoms with Crippen LogP contribution in [0.3, 0.4) is 0 Å². The Kier molecular flexibility index (Phi) is 2.10. The highest BCUT2D eigenvalue weighted by molar-refractivity contribution is 5.88. The van der Waals surface area contributed by atoms with Crippen molar-refractivity contribution in [3.8, 4) is 5.88 Å². The summed E-state index contributed by atoms with van der Waals surface area (Å²) in [5, 5.41) is 14.0. The Morgan fingerprint density at radius 2 is 2.18 bits per heavy atom. The highest BCUT2D eigenvalue weighted by Gasteiger charge is 2.22. The van der Waals surface area contributed by atoms with Crippen LogP contribution in [0.5, 0.6) is 5.88 Å². The number of H-pyrrole nitrogens is 1. The summed E-state index contributed by atoms with van der Waals surface area (Å²) in [5.41, 5.74) is 6.04. The minimum absolute atomic E-state index is 0.182. The van der Waals surface area contributed by atoms with Gasteiger partial charge in [0.15, 0.2) is 5.88 Å². The molecule has 1 aliphatic carbocycles. The number of rotatable bonds is 1. The van der Waals surface area contributed by atoms with E-state index in [0.717, 1.165) is 12.8 Å². The molecule has 2 aromatic rings. The van der Waals surface area contributed by atoms with Gasteiger partial charge in [-0.1, -0.05) is 12.8 Å². The van der Waals surface area contributed by atoms with Crippen LogP contribution in [0.25, 0.3) is 10.9 Å². The molecule has 0 spiro atoms. The number of aromatic amines is 1. The van der Waals surface area contributed by atoms with E-state index in [1.54, 1.807) is 4.68 Å². The quantitative estimate of drug-likeness (QED) is 0.689. The van der Waals surface area contributed by atoms with Crippen molar-refractivity contribution in [2.24, 2.45) is 0 Å². The van der Waals surface area contributed by atoms with Crippen molar-refractivity contribution >= 4 is 16.7 Å². The second kappa shape index (κ2) is 3.51. The summed E-state index contributed by atoms with van der Waals surface area (Å²) >= 11 is 0. The number of anilines is 1. The van der Waals surface area contributed by atoms with Crippen molar-refractivity contribution in [2.45, 2.75) is 31.7 Å². The summed E-state index contributed by atoms with van der Waals surface area (Å²) in [7, 11) is 0. The summed E-state index contributed by atoms with van der Waals surface area (Å²) in [6.07, 6.45) is 4.42. The van der Waals surface area contributed by atoms with E-state index in [-0.39, 0.29) is 17.5 Å². The van der Waals surface area contributed by atoms with Gasteiger partial charge in [-0.3, -0.25) is 9.78 Å². The molecule has 1 aliphatic rings. The SMILES string of the molecule is Nc1c2c(=O)[nH]c(O)cc2nn1C1CCCC1. The molecule has 0 atom stereocenters. The van der Waals surface area contributed by atoms with Gasteiger partial charge in [0.25, 0.3) is 5.56 Å². The van der Waals surface area contributed by atoms with Crippen molar-refractivity contribution in [2.75, 3.05) is 5.73 Å². The fraction of sp³-hybridized carbons (Fsp3) is 0.455. The number of nitrogen functional groups attached to an aromatic ring is 1. The molecule has 1 saturated carbocycles. The number of pyridine rings is 1. The molecule has 17 heavy (non-hydrogen) atoms. The van der Waals surface area contributed by atoms with Gasteiger partial charge < -0.3 is 10.8 Å². The highest BCUT2D eigenvalue weighted by Crippen LogP contribution is 2.32. The van der Waals surface area contributed by atoms with E-state index in [1.807, 2.05) is 0 Å². The Morgan fingerprint density at radius 1 is 1.47 bits per heavy atom. The zero-order valence-corrected chi connectivity index (χ0v) is 9.31. The molecule has 0 aliphatic heterocycles. The number of aromatic nitrogens is 3. The smallest absolute Gasteiger partial charge is 0.263 e. The molecule has 90 valence electrons. The van der Waals surface area contributed by atoms with Gasteiger partial charge >= 0.3 is 0 Å². The van der Waals surface area contributed by atoms with Crippen LogP contribution in [-0.2, 0) is 0 Å². The maximum atomic E-state index is 11.7. The van der Waals surface area contributed by atoms with Gasteiger partial charge in [0.05, 0.1) is 6.04 Å². The number of aromatic hydroxyl groups is 1. The van der Waals surface area contributed by atoms with Crippen molar-refractivity contribution in [1.29, 1.82) is 0 Å². The monoisotopic (exact) mass is 234 g/mol. The van der Waals surface area contributed by atoms with E-state index < -0.39 is 0 Å². The number of fused-ring (bicyclic) bond motifs is 1. The first-order chi connectivity index (χ1) is 8.16. The topological polar surface area (TPSA) is 96.9 Å². The van der Waals surface area contributed by atoms with Gasteiger partial charge in [-0.05, 0) is 12.8 Å². The molecule has 2 heterocycles. The maximum Gasteiger partial charge on any atom is 0.263 e. The molecule has 6 nitrogen and oxygen atoms in total. The molecule has 0 aromatic carbocycles. The minimum Gasteiger partial charge on any atom is -0.494 e. The Labute approximate surface area is 97.1 Å². The lowest BCUT2D eigenvalue weighted by atomic mass is 10.2. The third kappa shape index (κ3) is 1.48. The minimum atomic E-state index is -0.387. The maximum absolute atomic E-state index is 11.7. The third-order valence-electron chi connectivity index (χ3n) is 3.39. The fourth-order valence-electron chi connectivity index (χ4n) is 2.57. The molecule has 1 fully saturated rings. The predicted molar refractivity (Wildman–Crippen MR) is 63.9 cm³/mol. The fourth-order valence-corrected chi connectivity index (χ4v) is 2.57. The zero-order chi connectivity index (χ0) is 12.0. The summed E-state index contributed by atoms with van der Waals surface area (Å²) in [4.78, 5) is 14.0. The van der Waals surface area contributed by atoms with E-state index in [9.17, 15) is 9.90 Å². The lowest BCUT2D eigenvalue weighted by Gasteiger charge is -2.10. The molecule has 0 saturated heterocycles. The van der Waals surface area contributed by atoms with Gasteiger partial charge in [0.1, 0.15) is 16.7 Å². The number of hydrogen-bond donors (Lipinski definition) is 3. The number of hydrogen-bond acceptors (Lipinski definition) is 4. The van der Waals surface area contributed by atoms with Crippen molar-refractivity contribution in [1.82, 2.24) is 14.8 Å². The van der Waals surface area contributed by atoms with Crippen LogP contribution in [0.4, 0.5) is 5.82 Å². The van der Waals surface area contributed by atoms with Crippen molar-refractivity contribution in [3.05, 3.63) is 16.4 Å². The molecule has 2 aromatic heterocycles. The largest absolute Gasteiger partial charge is 0.494 e. The molecule has 4 N–H and O–H groups in total. The van der Waals surface area contributed by atoms with Gasteiger partial charge in [-0.25, -0.2) is 4.68 Å². The van der Waals surface area contributed by atoms with Crippen LogP contribution in [0.15, 0.2) is 10.9 Å². The lowest BCUT2D eigenvalue weighted by Crippen LogP contribution is -2.11. The third-order valence-corrected chi connectivity index (χ3v) is 3.39. The van der Waals surface area contributed by atoms with E-state index >= 15 is 0 Å². The average Bonchev–Trinajstić information content (AvgIpc) is 2.85. The molecular weight excluding hydrogens is 220 g/mol. The molecule has 0 radical (unpaired) electrons. The molecule has 0 amide bonds. The van der Waals surface area contributed by atoms with Crippen molar-refractivity contribution < 1.29 is 5.11 Å². The average molecular weight is 234 g/mol. The van der Waals surface area contributed by atoms with Crippen LogP contribution in [-0.4, -0.2) is 19.9 Å². The Bertz CT molecular complexity index is 622. The number of nitrogens with two attached hydrogens (primary N) is 1. The second-order valence-corrected chi connectivity index (χ2v) is 4.51. The van der Waals surface area contributed by atoms with Crippen LogP contribution < -0.4 is 11.3 Å². The van der Waals surface area contributed by atoms with Gasteiger partial charge in [0, 0.05) is 6.07 Å². The zero-order valence-electron chi connectivity index (χ0n) is 9.31. The second-order valence-electron chi connectivity index (χ2n) is 4.51. The van der Waals surface area contributed by atoms with Crippen LogP contribution in [0, 0.1) is 0 Å². The molecule has 3 rings (SSSR count). The summed E-state index contributed by atoms with van der Waals surface area (Å²) in [6, 6.07) is 1.71. The van der Waals surface area contributed by atoms with Crippen LogP contribution in [0.1, 0.15) is 31.7 Å². The normalized spacial score (nSPS) is 16.9. The predicted octanol–water partition coefficient (Wildman–Crippen LogP) is 1.13. The Hall–Kier alpha value is -1.98.